The Balaban J connectivity index is 1.12. The van der Waals surface area contributed by atoms with Gasteiger partial charge < -0.3 is 10.6 Å². The maximum atomic E-state index is 13.7. The van der Waals surface area contributed by atoms with Crippen molar-refractivity contribution in [3.8, 4) is 0 Å². The number of Topliss-reactive ketones (excluding diaryl/α,β-unsaturated/α-hetero) is 1. The zero-order chi connectivity index (χ0) is 34.2. The normalized spacial score (nSPS) is 15.6. The Morgan fingerprint density at radius 2 is 1.67 bits per heavy atom. The molecule has 0 radical (unpaired) electrons. The molecule has 0 fully saturated rings. The highest BCUT2D eigenvalue weighted by Crippen LogP contribution is 2.34. The van der Waals surface area contributed by atoms with Crippen molar-refractivity contribution < 1.29 is 14.4 Å². The Labute approximate surface area is 283 Å². The van der Waals surface area contributed by atoms with Gasteiger partial charge in [-0.05, 0) is 68.3 Å². The average Bonchev–Trinajstić information content (AvgIpc) is 3.23. The maximum absolute atomic E-state index is 13.7. The number of aromatic nitrogens is 3. The van der Waals surface area contributed by atoms with E-state index in [9.17, 15) is 14.4 Å². The van der Waals surface area contributed by atoms with Gasteiger partial charge in [-0.15, -0.1) is 0 Å². The number of aryl methyl sites for hydroxylation is 2. The van der Waals surface area contributed by atoms with Crippen LogP contribution in [0.5, 0.6) is 0 Å². The molecule has 11 heteroatoms. The molecule has 2 aromatic heterocycles. The summed E-state index contributed by atoms with van der Waals surface area (Å²) in [6, 6.07) is 23.6. The molecule has 7 rings (SSSR count). The summed E-state index contributed by atoms with van der Waals surface area (Å²) in [5.41, 5.74) is 8.12. The van der Waals surface area contributed by atoms with Crippen LogP contribution >= 0.6 is 0 Å². The number of carbonyl (C=O) groups excluding carboxylic acids is 3. The van der Waals surface area contributed by atoms with Crippen LogP contribution in [0, 0.1) is 13.8 Å². The number of aliphatic imine (C=N–C) groups is 1. The molecule has 1 atom stereocenters. The topological polar surface area (TPSA) is 133 Å². The number of benzene rings is 3. The van der Waals surface area contributed by atoms with Crippen molar-refractivity contribution in [2.24, 2.45) is 4.99 Å². The molecule has 0 aliphatic carbocycles. The van der Waals surface area contributed by atoms with E-state index in [-0.39, 0.29) is 30.7 Å². The summed E-state index contributed by atoms with van der Waals surface area (Å²) in [6.45, 7) is 5.88. The van der Waals surface area contributed by atoms with Crippen LogP contribution in [0.1, 0.15) is 50.8 Å². The van der Waals surface area contributed by atoms with Crippen molar-refractivity contribution in [3.05, 3.63) is 130 Å². The monoisotopic (exact) mass is 650 g/mol. The van der Waals surface area contributed by atoms with Crippen LogP contribution in [0.15, 0.2) is 96.2 Å². The molecule has 0 saturated heterocycles. The predicted octanol–water partition coefficient (Wildman–Crippen LogP) is 6.41. The SMILES string of the molecule is Cc1ccc(Nc2ncc3c(n2)N(C)C(=O)N(c2cc(NC(=O)c4ccc5c(c4)CC(=O)[C@H](C)N=C5c4ccccc4)ccc2C)C3)cn1. The third-order valence-electron chi connectivity index (χ3n) is 8.75. The molecule has 49 heavy (non-hydrogen) atoms. The quantitative estimate of drug-likeness (QED) is 0.217. The fourth-order valence-electron chi connectivity index (χ4n) is 6.02. The summed E-state index contributed by atoms with van der Waals surface area (Å²) < 4.78 is 0. The van der Waals surface area contributed by atoms with Crippen molar-refractivity contribution in [3.63, 3.8) is 0 Å². The van der Waals surface area contributed by atoms with Crippen LogP contribution in [0.3, 0.4) is 0 Å². The lowest BCUT2D eigenvalue weighted by atomic mass is 9.93. The number of rotatable bonds is 6. The minimum Gasteiger partial charge on any atom is -0.323 e. The average molecular weight is 651 g/mol. The highest BCUT2D eigenvalue weighted by molar-refractivity contribution is 6.17. The summed E-state index contributed by atoms with van der Waals surface area (Å²) in [5.74, 6) is 0.536. The molecule has 2 N–H and O–H groups in total. The van der Waals surface area contributed by atoms with E-state index in [1.54, 1.807) is 55.5 Å². The molecule has 5 aromatic rings. The van der Waals surface area contributed by atoms with E-state index in [1.165, 1.54) is 4.90 Å². The van der Waals surface area contributed by atoms with Crippen molar-refractivity contribution in [2.75, 3.05) is 27.5 Å². The van der Waals surface area contributed by atoms with Gasteiger partial charge in [-0.25, -0.2) is 9.78 Å². The zero-order valence-corrected chi connectivity index (χ0v) is 27.6. The van der Waals surface area contributed by atoms with Crippen molar-refractivity contribution in [1.82, 2.24) is 15.0 Å². The second-order valence-corrected chi connectivity index (χ2v) is 12.3. The Hall–Kier alpha value is -6.23. The smallest absolute Gasteiger partial charge is 0.323 e. The van der Waals surface area contributed by atoms with Crippen molar-refractivity contribution in [1.29, 1.82) is 0 Å². The number of nitrogens with one attached hydrogen (secondary N) is 2. The van der Waals surface area contributed by atoms with Crippen LogP contribution in [-0.4, -0.2) is 51.5 Å². The van der Waals surface area contributed by atoms with E-state index in [1.807, 2.05) is 68.4 Å². The molecular formula is C38H34N8O3. The first-order chi connectivity index (χ1) is 23.6. The number of nitrogens with zero attached hydrogens (tertiary/aromatic N) is 6. The minimum atomic E-state index is -0.490. The Bertz CT molecular complexity index is 2150. The van der Waals surface area contributed by atoms with E-state index in [0.29, 0.717) is 28.7 Å². The number of hydrogen-bond acceptors (Lipinski definition) is 8. The first-order valence-electron chi connectivity index (χ1n) is 16.0. The largest absolute Gasteiger partial charge is 0.330 e. The molecule has 3 aromatic carbocycles. The second-order valence-electron chi connectivity index (χ2n) is 12.3. The fraction of sp³-hybridized carbons (Fsp3) is 0.184. The summed E-state index contributed by atoms with van der Waals surface area (Å²) in [6.07, 6.45) is 3.59. The van der Waals surface area contributed by atoms with E-state index >= 15 is 0 Å². The maximum Gasteiger partial charge on any atom is 0.330 e. The van der Waals surface area contributed by atoms with E-state index in [2.05, 4.69) is 25.6 Å². The van der Waals surface area contributed by atoms with Crippen LogP contribution in [0.4, 0.5) is 33.6 Å². The zero-order valence-electron chi connectivity index (χ0n) is 27.6. The van der Waals surface area contributed by atoms with Crippen LogP contribution in [0.25, 0.3) is 0 Å². The number of fused-ring (bicyclic) bond motifs is 2. The first-order valence-corrected chi connectivity index (χ1v) is 16.0. The number of urea groups is 1. The van der Waals surface area contributed by atoms with Crippen molar-refractivity contribution in [2.45, 2.75) is 39.8 Å². The molecule has 0 spiro atoms. The minimum absolute atomic E-state index is 0.00731. The summed E-state index contributed by atoms with van der Waals surface area (Å²) >= 11 is 0. The molecule has 2 aliphatic rings. The van der Waals surface area contributed by atoms with Crippen molar-refractivity contribution >= 4 is 52.3 Å². The molecule has 2 aliphatic heterocycles. The van der Waals surface area contributed by atoms with Gasteiger partial charge in [0.1, 0.15) is 11.9 Å². The number of hydrogen-bond donors (Lipinski definition) is 2. The Morgan fingerprint density at radius 1 is 0.878 bits per heavy atom. The highest BCUT2D eigenvalue weighted by Gasteiger charge is 2.32. The molecule has 244 valence electrons. The van der Waals surface area contributed by atoms with Gasteiger partial charge in [0, 0.05) is 53.3 Å². The van der Waals surface area contributed by atoms with Crippen LogP contribution in [-0.2, 0) is 17.8 Å². The van der Waals surface area contributed by atoms with Gasteiger partial charge in [-0.3, -0.25) is 29.4 Å². The van der Waals surface area contributed by atoms with E-state index in [4.69, 9.17) is 4.99 Å². The second kappa shape index (κ2) is 12.8. The van der Waals surface area contributed by atoms with E-state index < -0.39 is 6.04 Å². The first kappa shape index (κ1) is 31.4. The molecule has 0 unspecified atom stereocenters. The predicted molar refractivity (Wildman–Crippen MR) is 190 cm³/mol. The third kappa shape index (κ3) is 6.26. The molecular weight excluding hydrogens is 616 g/mol. The lowest BCUT2D eigenvalue weighted by Gasteiger charge is -2.35. The lowest BCUT2D eigenvalue weighted by molar-refractivity contribution is -0.119. The fourth-order valence-corrected chi connectivity index (χ4v) is 6.02. The summed E-state index contributed by atoms with van der Waals surface area (Å²) in [5, 5.41) is 6.13. The standard InChI is InChI=1S/C38H34N8O3/c1-22-10-13-29(42-36(48)26-12-15-31-27(16-26)17-33(47)24(3)41-34(31)25-8-6-5-7-9-25)18-32(22)46-21-28-19-40-37(44-35(28)45(4)38(46)49)43-30-14-11-23(2)39-20-30/h5-16,18-20,24H,17,21H2,1-4H3,(H,42,48)(H,40,43,44)/t24-/m0/s1. The molecule has 0 bridgehead atoms. The Morgan fingerprint density at radius 3 is 2.45 bits per heavy atom. The number of carbonyl (C=O) groups is 3. The van der Waals surface area contributed by atoms with Gasteiger partial charge in [-0.2, -0.15) is 4.98 Å². The number of anilines is 5. The highest BCUT2D eigenvalue weighted by atomic mass is 16.2. The van der Waals surface area contributed by atoms with Gasteiger partial charge >= 0.3 is 6.03 Å². The van der Waals surface area contributed by atoms with Gasteiger partial charge in [-0.1, -0.05) is 42.5 Å². The van der Waals surface area contributed by atoms with Gasteiger partial charge in [0.2, 0.25) is 5.95 Å². The van der Waals surface area contributed by atoms with Gasteiger partial charge in [0.25, 0.3) is 5.91 Å². The van der Waals surface area contributed by atoms with Gasteiger partial charge in [0.05, 0.1) is 29.8 Å². The molecule has 4 heterocycles. The number of pyridine rings is 1. The molecule has 11 nitrogen and oxygen atoms in total. The number of ketones is 1. The molecule has 0 saturated carbocycles. The van der Waals surface area contributed by atoms with E-state index in [0.717, 1.165) is 44.9 Å². The lowest BCUT2D eigenvalue weighted by Crippen LogP contribution is -2.46. The van der Waals surface area contributed by atoms with Crippen LogP contribution < -0.4 is 20.4 Å². The summed E-state index contributed by atoms with van der Waals surface area (Å²) in [4.78, 5) is 61.4. The summed E-state index contributed by atoms with van der Waals surface area (Å²) in [7, 11) is 1.68. The van der Waals surface area contributed by atoms with Gasteiger partial charge in [0.15, 0.2) is 5.78 Å². The van der Waals surface area contributed by atoms with Crippen LogP contribution in [0.2, 0.25) is 0 Å². The number of amides is 3. The Kier molecular flexibility index (Phi) is 8.17. The molecule has 3 amide bonds. The third-order valence-corrected chi connectivity index (χ3v) is 8.75.